The highest BCUT2D eigenvalue weighted by atomic mass is 16.5. The van der Waals surface area contributed by atoms with Gasteiger partial charge in [0, 0.05) is 24.7 Å². The first-order valence-electron chi connectivity index (χ1n) is 7.44. The van der Waals surface area contributed by atoms with Crippen LogP contribution in [0.25, 0.3) is 0 Å². The molecule has 0 radical (unpaired) electrons. The van der Waals surface area contributed by atoms with Crippen LogP contribution in [-0.4, -0.2) is 41.7 Å². The molecule has 1 aromatic heterocycles. The molecule has 0 spiro atoms. The van der Waals surface area contributed by atoms with E-state index in [0.717, 1.165) is 11.7 Å². The molecule has 0 aromatic carbocycles. The van der Waals surface area contributed by atoms with Gasteiger partial charge in [-0.2, -0.15) is 0 Å². The number of hydrogen-bond donors (Lipinski definition) is 1. The summed E-state index contributed by atoms with van der Waals surface area (Å²) in [6.07, 6.45) is 7.14. The molecule has 2 aliphatic rings. The van der Waals surface area contributed by atoms with E-state index in [-0.39, 0.29) is 0 Å². The van der Waals surface area contributed by atoms with Gasteiger partial charge in [0.25, 0.3) is 0 Å². The van der Waals surface area contributed by atoms with Crippen LogP contribution in [0.15, 0.2) is 18.3 Å². The summed E-state index contributed by atoms with van der Waals surface area (Å²) in [5.41, 5.74) is 1.11. The highest BCUT2D eigenvalue weighted by Gasteiger charge is 2.31. The fourth-order valence-electron chi connectivity index (χ4n) is 3.29. The first-order valence-corrected chi connectivity index (χ1v) is 7.44. The van der Waals surface area contributed by atoms with Crippen molar-refractivity contribution >= 4 is 5.69 Å². The van der Waals surface area contributed by atoms with Crippen LogP contribution >= 0.6 is 0 Å². The fourth-order valence-corrected chi connectivity index (χ4v) is 3.29. The van der Waals surface area contributed by atoms with Gasteiger partial charge in [0.1, 0.15) is 0 Å². The van der Waals surface area contributed by atoms with Gasteiger partial charge in [-0.15, -0.1) is 0 Å². The molecule has 2 atom stereocenters. The Balaban J connectivity index is 1.56. The molecule has 19 heavy (non-hydrogen) atoms. The lowest BCUT2D eigenvalue weighted by molar-refractivity contribution is 0.188. The van der Waals surface area contributed by atoms with Gasteiger partial charge in [-0.1, -0.05) is 0 Å². The number of aromatic nitrogens is 1. The van der Waals surface area contributed by atoms with Gasteiger partial charge >= 0.3 is 0 Å². The lowest BCUT2D eigenvalue weighted by Crippen LogP contribution is -2.42. The van der Waals surface area contributed by atoms with Crippen molar-refractivity contribution in [1.82, 2.24) is 9.88 Å². The highest BCUT2D eigenvalue weighted by molar-refractivity contribution is 5.43. The van der Waals surface area contributed by atoms with E-state index in [1.54, 1.807) is 0 Å². The van der Waals surface area contributed by atoms with Crippen LogP contribution in [0.4, 0.5) is 5.69 Å². The number of fused-ring (bicyclic) bond motifs is 1. The molecule has 104 valence electrons. The van der Waals surface area contributed by atoms with Gasteiger partial charge in [-0.3, -0.25) is 0 Å². The van der Waals surface area contributed by atoms with Crippen molar-refractivity contribution in [2.45, 2.75) is 44.7 Å². The van der Waals surface area contributed by atoms with Crippen molar-refractivity contribution in [3.8, 4) is 5.88 Å². The van der Waals surface area contributed by atoms with Crippen molar-refractivity contribution in [3.05, 3.63) is 18.3 Å². The van der Waals surface area contributed by atoms with Crippen LogP contribution < -0.4 is 10.1 Å². The second-order valence-corrected chi connectivity index (χ2v) is 5.52. The topological polar surface area (TPSA) is 37.4 Å². The first kappa shape index (κ1) is 12.7. The van der Waals surface area contributed by atoms with E-state index >= 15 is 0 Å². The summed E-state index contributed by atoms with van der Waals surface area (Å²) in [5.74, 6) is 0.707. The predicted molar refractivity (Wildman–Crippen MR) is 76.6 cm³/mol. The normalized spacial score (nSPS) is 27.0. The number of rotatable bonds is 4. The van der Waals surface area contributed by atoms with Crippen molar-refractivity contribution in [2.24, 2.45) is 0 Å². The van der Waals surface area contributed by atoms with E-state index in [1.165, 1.54) is 38.8 Å². The summed E-state index contributed by atoms with van der Waals surface area (Å²) in [6, 6.07) is 5.41. The van der Waals surface area contributed by atoms with Crippen LogP contribution in [0.5, 0.6) is 5.88 Å². The molecule has 3 rings (SSSR count). The van der Waals surface area contributed by atoms with Crippen LogP contribution in [0, 0.1) is 0 Å². The Labute approximate surface area is 115 Å². The summed E-state index contributed by atoms with van der Waals surface area (Å²) in [5, 5.41) is 3.62. The SMILES string of the molecule is CCOc1ccc(NC2CCN3CCCC3C2)cn1. The highest BCUT2D eigenvalue weighted by Crippen LogP contribution is 2.28. The van der Waals surface area contributed by atoms with Gasteiger partial charge in [0.05, 0.1) is 18.5 Å². The molecular formula is C15H23N3O. The monoisotopic (exact) mass is 261 g/mol. The van der Waals surface area contributed by atoms with Crippen molar-refractivity contribution in [2.75, 3.05) is 25.0 Å². The molecule has 0 bridgehead atoms. The molecule has 3 heterocycles. The number of pyridine rings is 1. The van der Waals surface area contributed by atoms with Crippen molar-refractivity contribution in [3.63, 3.8) is 0 Å². The second-order valence-electron chi connectivity index (χ2n) is 5.52. The summed E-state index contributed by atoms with van der Waals surface area (Å²) in [4.78, 5) is 6.95. The number of anilines is 1. The summed E-state index contributed by atoms with van der Waals surface area (Å²) >= 11 is 0. The number of nitrogens with one attached hydrogen (secondary N) is 1. The Bertz CT molecular complexity index is 406. The zero-order chi connectivity index (χ0) is 13.1. The largest absolute Gasteiger partial charge is 0.478 e. The maximum atomic E-state index is 5.36. The first-order chi connectivity index (χ1) is 9.35. The molecule has 0 aliphatic carbocycles. The van der Waals surface area contributed by atoms with Gasteiger partial charge in [0.2, 0.25) is 5.88 Å². The van der Waals surface area contributed by atoms with Crippen molar-refractivity contribution < 1.29 is 4.74 Å². The lowest BCUT2D eigenvalue weighted by Gasteiger charge is -2.35. The molecular weight excluding hydrogens is 238 g/mol. The average molecular weight is 261 g/mol. The van der Waals surface area contributed by atoms with Gasteiger partial charge < -0.3 is 15.0 Å². The molecule has 2 aliphatic heterocycles. The zero-order valence-electron chi connectivity index (χ0n) is 11.6. The minimum absolute atomic E-state index is 0.596. The van der Waals surface area contributed by atoms with Gasteiger partial charge in [-0.25, -0.2) is 4.98 Å². The van der Waals surface area contributed by atoms with Crippen LogP contribution in [-0.2, 0) is 0 Å². The molecule has 0 saturated carbocycles. The average Bonchev–Trinajstić information content (AvgIpc) is 2.89. The maximum Gasteiger partial charge on any atom is 0.213 e. The van der Waals surface area contributed by atoms with Gasteiger partial charge in [-0.05, 0) is 45.2 Å². The quantitative estimate of drug-likeness (QED) is 0.903. The number of piperidine rings is 1. The van der Waals surface area contributed by atoms with E-state index in [0.29, 0.717) is 18.5 Å². The summed E-state index contributed by atoms with van der Waals surface area (Å²) in [7, 11) is 0. The van der Waals surface area contributed by atoms with E-state index in [2.05, 4.69) is 21.3 Å². The number of hydrogen-bond acceptors (Lipinski definition) is 4. The third-order valence-electron chi connectivity index (χ3n) is 4.22. The Morgan fingerprint density at radius 3 is 3.11 bits per heavy atom. The molecule has 2 saturated heterocycles. The molecule has 4 nitrogen and oxygen atoms in total. The third-order valence-corrected chi connectivity index (χ3v) is 4.22. The van der Waals surface area contributed by atoms with E-state index < -0.39 is 0 Å². The third kappa shape index (κ3) is 3.00. The lowest BCUT2D eigenvalue weighted by atomic mass is 9.97. The molecule has 1 N–H and O–H groups in total. The minimum atomic E-state index is 0.596. The number of ether oxygens (including phenoxy) is 1. The predicted octanol–water partition coefficient (Wildman–Crippen LogP) is 2.52. The minimum Gasteiger partial charge on any atom is -0.478 e. The van der Waals surface area contributed by atoms with Gasteiger partial charge in [0.15, 0.2) is 0 Å². The summed E-state index contributed by atoms with van der Waals surface area (Å²) < 4.78 is 5.36. The fraction of sp³-hybridized carbons (Fsp3) is 0.667. The smallest absolute Gasteiger partial charge is 0.213 e. The van der Waals surface area contributed by atoms with E-state index in [4.69, 9.17) is 4.74 Å². The number of nitrogens with zero attached hydrogens (tertiary/aromatic N) is 2. The van der Waals surface area contributed by atoms with Crippen LogP contribution in [0.3, 0.4) is 0 Å². The van der Waals surface area contributed by atoms with Crippen molar-refractivity contribution in [1.29, 1.82) is 0 Å². The molecule has 0 amide bonds. The molecule has 1 aromatic rings. The molecule has 2 unspecified atom stereocenters. The second kappa shape index (κ2) is 5.78. The Kier molecular flexibility index (Phi) is 3.87. The van der Waals surface area contributed by atoms with Crippen LogP contribution in [0.2, 0.25) is 0 Å². The van der Waals surface area contributed by atoms with E-state index in [1.807, 2.05) is 19.2 Å². The van der Waals surface area contributed by atoms with E-state index in [9.17, 15) is 0 Å². The standard InChI is InChI=1S/C15H23N3O/c1-2-19-15-6-5-13(11-16-15)17-12-7-9-18-8-3-4-14(18)10-12/h5-6,11-12,14,17H,2-4,7-10H2,1H3. The zero-order valence-corrected chi connectivity index (χ0v) is 11.6. The summed E-state index contributed by atoms with van der Waals surface area (Å²) in [6.45, 7) is 5.19. The Morgan fingerprint density at radius 1 is 1.37 bits per heavy atom. The Morgan fingerprint density at radius 2 is 2.32 bits per heavy atom. The molecule has 4 heteroatoms. The maximum absolute atomic E-state index is 5.36. The Hall–Kier alpha value is -1.29. The molecule has 2 fully saturated rings. The van der Waals surface area contributed by atoms with Crippen LogP contribution in [0.1, 0.15) is 32.6 Å².